The lowest BCUT2D eigenvalue weighted by atomic mass is 9.80. The van der Waals surface area contributed by atoms with Gasteiger partial charge >= 0.3 is 0 Å². The van der Waals surface area contributed by atoms with Crippen molar-refractivity contribution in [3.63, 3.8) is 0 Å². The third-order valence-electron chi connectivity index (χ3n) is 3.39. The maximum Gasteiger partial charge on any atom is 0.202 e. The van der Waals surface area contributed by atoms with Crippen LogP contribution in [0.4, 0.5) is 5.95 Å². The lowest BCUT2D eigenvalue weighted by Gasteiger charge is -2.32. The number of aryl methyl sites for hydroxylation is 1. The van der Waals surface area contributed by atoms with E-state index in [-0.39, 0.29) is 0 Å². The Kier molecular flexibility index (Phi) is 3.29. The van der Waals surface area contributed by atoms with Crippen LogP contribution in [0.1, 0.15) is 39.5 Å². The fourth-order valence-corrected chi connectivity index (χ4v) is 2.13. The van der Waals surface area contributed by atoms with Gasteiger partial charge in [0.05, 0.1) is 0 Å². The summed E-state index contributed by atoms with van der Waals surface area (Å²) >= 11 is 0. The summed E-state index contributed by atoms with van der Waals surface area (Å²) < 4.78 is 2.20. The average Bonchev–Trinajstić information content (AvgIpc) is 2.50. The molecule has 1 aliphatic rings. The van der Waals surface area contributed by atoms with Crippen LogP contribution >= 0.6 is 0 Å². The number of imidazole rings is 1. The summed E-state index contributed by atoms with van der Waals surface area (Å²) in [6.45, 7) is 5.52. The SMILES string of the molecule is CCCn1ccnc1NC(C)C1CCC1. The van der Waals surface area contributed by atoms with Crippen molar-refractivity contribution in [3.8, 4) is 0 Å². The molecule has 1 saturated carbocycles. The zero-order valence-corrected chi connectivity index (χ0v) is 9.74. The van der Waals surface area contributed by atoms with Crippen molar-refractivity contribution in [1.29, 1.82) is 0 Å². The number of rotatable bonds is 5. The van der Waals surface area contributed by atoms with Crippen LogP contribution in [0.15, 0.2) is 12.4 Å². The Hall–Kier alpha value is -0.990. The van der Waals surface area contributed by atoms with Crippen LogP contribution in [0.5, 0.6) is 0 Å². The number of anilines is 1. The zero-order chi connectivity index (χ0) is 10.7. The van der Waals surface area contributed by atoms with E-state index in [1.807, 2.05) is 6.20 Å². The number of hydrogen-bond acceptors (Lipinski definition) is 2. The van der Waals surface area contributed by atoms with Crippen LogP contribution in [0.3, 0.4) is 0 Å². The highest BCUT2D eigenvalue weighted by molar-refractivity contribution is 5.27. The van der Waals surface area contributed by atoms with E-state index in [0.29, 0.717) is 6.04 Å². The first-order valence-electron chi connectivity index (χ1n) is 6.09. The van der Waals surface area contributed by atoms with Crippen molar-refractivity contribution in [2.45, 2.75) is 52.1 Å². The second-order valence-electron chi connectivity index (χ2n) is 4.57. The molecule has 2 rings (SSSR count). The summed E-state index contributed by atoms with van der Waals surface area (Å²) in [7, 11) is 0. The molecule has 1 aromatic rings. The molecule has 1 atom stereocenters. The molecular formula is C12H21N3. The maximum atomic E-state index is 4.37. The van der Waals surface area contributed by atoms with Crippen molar-refractivity contribution >= 4 is 5.95 Å². The number of aromatic nitrogens is 2. The second kappa shape index (κ2) is 4.69. The Balaban J connectivity index is 1.93. The Morgan fingerprint density at radius 2 is 2.40 bits per heavy atom. The smallest absolute Gasteiger partial charge is 0.202 e. The molecule has 1 N–H and O–H groups in total. The van der Waals surface area contributed by atoms with Crippen molar-refractivity contribution in [3.05, 3.63) is 12.4 Å². The van der Waals surface area contributed by atoms with Crippen LogP contribution in [0.25, 0.3) is 0 Å². The lowest BCUT2D eigenvalue weighted by molar-refractivity contribution is 0.284. The highest BCUT2D eigenvalue weighted by Crippen LogP contribution is 2.30. The predicted octanol–water partition coefficient (Wildman–Crippen LogP) is 2.89. The van der Waals surface area contributed by atoms with E-state index in [4.69, 9.17) is 0 Å². The first kappa shape index (κ1) is 10.5. The first-order valence-corrected chi connectivity index (χ1v) is 6.09. The van der Waals surface area contributed by atoms with Gasteiger partial charge in [-0.2, -0.15) is 0 Å². The molecular weight excluding hydrogens is 186 g/mol. The lowest BCUT2D eigenvalue weighted by Crippen LogP contribution is -2.31. The molecule has 1 fully saturated rings. The fraction of sp³-hybridized carbons (Fsp3) is 0.750. The molecule has 1 unspecified atom stereocenters. The van der Waals surface area contributed by atoms with Gasteiger partial charge in [0.25, 0.3) is 0 Å². The molecule has 0 aromatic carbocycles. The quantitative estimate of drug-likeness (QED) is 0.804. The van der Waals surface area contributed by atoms with Crippen LogP contribution in [-0.4, -0.2) is 15.6 Å². The van der Waals surface area contributed by atoms with E-state index < -0.39 is 0 Å². The zero-order valence-electron chi connectivity index (χ0n) is 9.74. The number of nitrogens with one attached hydrogen (secondary N) is 1. The van der Waals surface area contributed by atoms with Gasteiger partial charge in [-0.05, 0) is 32.1 Å². The Labute approximate surface area is 91.9 Å². The van der Waals surface area contributed by atoms with E-state index >= 15 is 0 Å². The van der Waals surface area contributed by atoms with Gasteiger partial charge < -0.3 is 9.88 Å². The summed E-state index contributed by atoms with van der Waals surface area (Å²) in [6.07, 6.45) is 9.25. The molecule has 0 aliphatic heterocycles. The highest BCUT2D eigenvalue weighted by atomic mass is 15.2. The van der Waals surface area contributed by atoms with Crippen LogP contribution in [0.2, 0.25) is 0 Å². The first-order chi connectivity index (χ1) is 7.31. The van der Waals surface area contributed by atoms with Crippen LogP contribution < -0.4 is 5.32 Å². The standard InChI is InChI=1S/C12H21N3/c1-3-8-15-9-7-13-12(15)14-10(2)11-5-4-6-11/h7,9-11H,3-6,8H2,1-2H3,(H,13,14). The molecule has 1 aliphatic carbocycles. The summed E-state index contributed by atoms with van der Waals surface area (Å²) in [6, 6.07) is 0.566. The normalized spacial score (nSPS) is 18.5. The topological polar surface area (TPSA) is 29.9 Å². The summed E-state index contributed by atoms with van der Waals surface area (Å²) in [5.41, 5.74) is 0. The van der Waals surface area contributed by atoms with Crippen LogP contribution in [0, 0.1) is 5.92 Å². The van der Waals surface area contributed by atoms with Crippen LogP contribution in [-0.2, 0) is 6.54 Å². The largest absolute Gasteiger partial charge is 0.353 e. The fourth-order valence-electron chi connectivity index (χ4n) is 2.13. The van der Waals surface area contributed by atoms with Gasteiger partial charge in [-0.1, -0.05) is 13.3 Å². The molecule has 0 bridgehead atoms. The van der Waals surface area contributed by atoms with E-state index in [1.165, 1.54) is 19.3 Å². The number of nitrogens with zero attached hydrogens (tertiary/aromatic N) is 2. The van der Waals surface area contributed by atoms with Gasteiger partial charge in [0.15, 0.2) is 0 Å². The van der Waals surface area contributed by atoms with E-state index in [9.17, 15) is 0 Å². The molecule has 0 amide bonds. The second-order valence-corrected chi connectivity index (χ2v) is 4.57. The van der Waals surface area contributed by atoms with Crippen molar-refractivity contribution < 1.29 is 0 Å². The molecule has 3 heteroatoms. The third kappa shape index (κ3) is 2.33. The van der Waals surface area contributed by atoms with Gasteiger partial charge in [0.2, 0.25) is 5.95 Å². The molecule has 1 aromatic heterocycles. The molecule has 1 heterocycles. The molecule has 3 nitrogen and oxygen atoms in total. The summed E-state index contributed by atoms with van der Waals surface area (Å²) in [5, 5.41) is 3.53. The average molecular weight is 207 g/mol. The highest BCUT2D eigenvalue weighted by Gasteiger charge is 2.24. The summed E-state index contributed by atoms with van der Waals surface area (Å²) in [4.78, 5) is 4.37. The van der Waals surface area contributed by atoms with Crippen molar-refractivity contribution in [1.82, 2.24) is 9.55 Å². The Bertz CT molecular complexity index is 302. The van der Waals surface area contributed by atoms with Gasteiger partial charge in [-0.15, -0.1) is 0 Å². The molecule has 0 spiro atoms. The molecule has 84 valence electrons. The third-order valence-corrected chi connectivity index (χ3v) is 3.39. The van der Waals surface area contributed by atoms with Crippen molar-refractivity contribution in [2.75, 3.05) is 5.32 Å². The minimum Gasteiger partial charge on any atom is -0.353 e. The van der Waals surface area contributed by atoms with E-state index in [0.717, 1.165) is 24.8 Å². The minimum atomic E-state index is 0.566. The van der Waals surface area contributed by atoms with E-state index in [2.05, 4.69) is 34.9 Å². The monoisotopic (exact) mass is 207 g/mol. The minimum absolute atomic E-state index is 0.566. The Morgan fingerprint density at radius 1 is 1.60 bits per heavy atom. The van der Waals surface area contributed by atoms with Gasteiger partial charge in [0.1, 0.15) is 0 Å². The van der Waals surface area contributed by atoms with Crippen molar-refractivity contribution in [2.24, 2.45) is 5.92 Å². The van der Waals surface area contributed by atoms with E-state index in [1.54, 1.807) is 0 Å². The molecule has 0 saturated heterocycles. The predicted molar refractivity (Wildman–Crippen MR) is 62.9 cm³/mol. The van der Waals surface area contributed by atoms with Gasteiger partial charge in [-0.3, -0.25) is 0 Å². The molecule has 15 heavy (non-hydrogen) atoms. The Morgan fingerprint density at radius 3 is 3.00 bits per heavy atom. The summed E-state index contributed by atoms with van der Waals surface area (Å²) in [5.74, 6) is 1.90. The maximum absolute atomic E-state index is 4.37. The van der Waals surface area contributed by atoms with Gasteiger partial charge in [-0.25, -0.2) is 4.98 Å². The number of hydrogen-bond donors (Lipinski definition) is 1. The molecule has 0 radical (unpaired) electrons. The van der Waals surface area contributed by atoms with Gasteiger partial charge in [0, 0.05) is 25.0 Å².